The van der Waals surface area contributed by atoms with E-state index in [1.54, 1.807) is 13.8 Å². The number of halogens is 2. The van der Waals surface area contributed by atoms with Gasteiger partial charge in [0.05, 0.1) is 26.7 Å². The van der Waals surface area contributed by atoms with E-state index in [-0.39, 0.29) is 21.5 Å². The van der Waals surface area contributed by atoms with Gasteiger partial charge in [-0.1, -0.05) is 74.3 Å². The zero-order valence-corrected chi connectivity index (χ0v) is 21.4. The van der Waals surface area contributed by atoms with Crippen LogP contribution in [0.5, 0.6) is 5.75 Å². The lowest BCUT2D eigenvalue weighted by Crippen LogP contribution is -2.34. The highest BCUT2D eigenvalue weighted by Gasteiger charge is 2.37. The monoisotopic (exact) mass is 504 g/mol. The molecule has 0 atom stereocenters. The number of aromatic amines is 1. The molecule has 0 fully saturated rings. The van der Waals surface area contributed by atoms with Gasteiger partial charge in [-0.15, -0.1) is 0 Å². The number of nitrogens with zero attached hydrogens (tertiary/aromatic N) is 1. The number of fused-ring (bicyclic) bond motifs is 3. The molecule has 3 aromatic carbocycles. The van der Waals surface area contributed by atoms with Crippen molar-refractivity contribution in [2.24, 2.45) is 0 Å². The Balaban J connectivity index is 2.25. The van der Waals surface area contributed by atoms with Crippen molar-refractivity contribution in [3.8, 4) is 5.75 Å². The molecule has 0 bridgehead atoms. The summed E-state index contributed by atoms with van der Waals surface area (Å²) in [5.41, 5.74) is 1.84. The number of hydrogen-bond acceptors (Lipinski definition) is 3. The van der Waals surface area contributed by atoms with Gasteiger partial charge >= 0.3 is 0 Å². The first kappa shape index (κ1) is 23.7. The van der Waals surface area contributed by atoms with Crippen LogP contribution in [-0.2, 0) is 15.4 Å². The molecule has 5 nitrogen and oxygen atoms in total. The third-order valence-electron chi connectivity index (χ3n) is 5.70. The first-order valence-electron chi connectivity index (χ1n) is 10.6. The van der Waals surface area contributed by atoms with E-state index in [0.29, 0.717) is 5.69 Å². The highest BCUT2D eigenvalue weighted by molar-refractivity contribution is 7.93. The molecule has 0 saturated heterocycles. The van der Waals surface area contributed by atoms with Crippen LogP contribution in [0.2, 0.25) is 10.0 Å². The molecule has 0 unspecified atom stereocenters. The standard InChI is InChI=1S/C25H26Cl2N2O3S/c1-14(2)33(31,32)29(20-12-18(27)21(30)13-17(20)26)23-22-16-9-7-6-8-15(16)10-11-19(22)28-24(23)25(3,4)5/h6-14,28,30H,1-5H3. The average molecular weight is 505 g/mol. The number of phenolic OH excluding ortho intramolecular Hbond substituents is 1. The van der Waals surface area contributed by atoms with Crippen molar-refractivity contribution in [3.63, 3.8) is 0 Å². The minimum Gasteiger partial charge on any atom is -0.506 e. The molecule has 33 heavy (non-hydrogen) atoms. The van der Waals surface area contributed by atoms with Crippen molar-refractivity contribution in [3.05, 3.63) is 64.3 Å². The number of anilines is 2. The number of H-pyrrole nitrogens is 1. The maximum absolute atomic E-state index is 13.9. The first-order chi connectivity index (χ1) is 15.3. The molecule has 0 aliphatic heterocycles. The highest BCUT2D eigenvalue weighted by atomic mass is 35.5. The second-order valence-corrected chi connectivity index (χ2v) is 12.6. The topological polar surface area (TPSA) is 73.4 Å². The fourth-order valence-electron chi connectivity index (χ4n) is 3.97. The number of nitrogens with one attached hydrogen (secondary N) is 1. The first-order valence-corrected chi connectivity index (χ1v) is 12.9. The fourth-order valence-corrected chi connectivity index (χ4v) is 5.71. The third kappa shape index (κ3) is 3.94. The summed E-state index contributed by atoms with van der Waals surface area (Å²) in [6.07, 6.45) is 0. The molecule has 4 aromatic rings. The molecule has 0 radical (unpaired) electrons. The van der Waals surface area contributed by atoms with Crippen molar-refractivity contribution < 1.29 is 13.5 Å². The maximum Gasteiger partial charge on any atom is 0.241 e. The molecule has 0 saturated carbocycles. The SMILES string of the molecule is CC(C)S(=O)(=O)N(c1cc(Cl)c(O)cc1Cl)c1c(C(C)(C)C)[nH]c2ccc3ccccc3c12. The second-order valence-electron chi connectivity index (χ2n) is 9.42. The smallest absolute Gasteiger partial charge is 0.241 e. The van der Waals surface area contributed by atoms with Crippen LogP contribution in [0.25, 0.3) is 21.7 Å². The summed E-state index contributed by atoms with van der Waals surface area (Å²) < 4.78 is 29.1. The predicted molar refractivity (Wildman–Crippen MR) is 139 cm³/mol. The van der Waals surface area contributed by atoms with Crippen molar-refractivity contribution in [1.82, 2.24) is 4.98 Å². The fraction of sp³-hybridized carbons (Fsp3) is 0.280. The van der Waals surface area contributed by atoms with E-state index in [9.17, 15) is 13.5 Å². The van der Waals surface area contributed by atoms with E-state index >= 15 is 0 Å². The van der Waals surface area contributed by atoms with E-state index < -0.39 is 20.7 Å². The average Bonchev–Trinajstić information content (AvgIpc) is 3.12. The van der Waals surface area contributed by atoms with Crippen molar-refractivity contribution in [2.45, 2.75) is 45.3 Å². The van der Waals surface area contributed by atoms with Crippen LogP contribution in [-0.4, -0.2) is 23.8 Å². The molecule has 0 aliphatic carbocycles. The summed E-state index contributed by atoms with van der Waals surface area (Å²) in [6.45, 7) is 9.32. The number of phenols is 1. The molecule has 0 spiro atoms. The summed E-state index contributed by atoms with van der Waals surface area (Å²) in [5.74, 6) is -0.215. The van der Waals surface area contributed by atoms with Gasteiger partial charge in [0.25, 0.3) is 0 Å². The maximum atomic E-state index is 13.9. The molecule has 1 heterocycles. The molecule has 0 aliphatic rings. The van der Waals surface area contributed by atoms with Crippen LogP contribution in [0.15, 0.2) is 48.5 Å². The van der Waals surface area contributed by atoms with Crippen molar-refractivity contribution in [2.75, 3.05) is 4.31 Å². The second kappa shape index (κ2) is 8.12. The van der Waals surface area contributed by atoms with Crippen LogP contribution >= 0.6 is 23.2 Å². The number of aromatic hydroxyl groups is 1. The molecular formula is C25H26Cl2N2O3S. The Morgan fingerprint density at radius 1 is 1.00 bits per heavy atom. The predicted octanol–water partition coefficient (Wildman–Crippen LogP) is 7.51. The lowest BCUT2D eigenvalue weighted by Gasteiger charge is -2.31. The van der Waals surface area contributed by atoms with Crippen LogP contribution in [0, 0.1) is 0 Å². The number of benzene rings is 3. The summed E-state index contributed by atoms with van der Waals surface area (Å²) >= 11 is 12.8. The lowest BCUT2D eigenvalue weighted by atomic mass is 9.90. The Labute approximate surface area is 204 Å². The number of sulfonamides is 1. The van der Waals surface area contributed by atoms with Gasteiger partial charge in [-0.25, -0.2) is 12.7 Å². The zero-order chi connectivity index (χ0) is 24.3. The van der Waals surface area contributed by atoms with E-state index in [2.05, 4.69) is 4.98 Å². The van der Waals surface area contributed by atoms with E-state index in [0.717, 1.165) is 27.4 Å². The van der Waals surface area contributed by atoms with E-state index in [1.165, 1.54) is 16.4 Å². The summed E-state index contributed by atoms with van der Waals surface area (Å²) in [7, 11) is -3.92. The van der Waals surface area contributed by atoms with E-state index in [1.807, 2.05) is 57.2 Å². The zero-order valence-electron chi connectivity index (χ0n) is 19.1. The highest BCUT2D eigenvalue weighted by Crippen LogP contribution is 2.48. The van der Waals surface area contributed by atoms with Crippen LogP contribution < -0.4 is 4.31 Å². The summed E-state index contributed by atoms with van der Waals surface area (Å²) in [5, 5.41) is 12.1. The van der Waals surface area contributed by atoms with Gasteiger partial charge in [-0.2, -0.15) is 0 Å². The van der Waals surface area contributed by atoms with Gasteiger partial charge in [0.2, 0.25) is 10.0 Å². The van der Waals surface area contributed by atoms with Gasteiger partial charge in [0.1, 0.15) is 5.75 Å². The van der Waals surface area contributed by atoms with Crippen LogP contribution in [0.1, 0.15) is 40.3 Å². The van der Waals surface area contributed by atoms with Gasteiger partial charge in [-0.05, 0) is 36.8 Å². The summed E-state index contributed by atoms with van der Waals surface area (Å²) in [4.78, 5) is 3.47. The number of hydrogen-bond donors (Lipinski definition) is 2. The molecule has 1 aromatic heterocycles. The molecule has 2 N–H and O–H groups in total. The van der Waals surface area contributed by atoms with E-state index in [4.69, 9.17) is 23.2 Å². The van der Waals surface area contributed by atoms with Crippen LogP contribution in [0.3, 0.4) is 0 Å². The van der Waals surface area contributed by atoms with Crippen molar-refractivity contribution >= 4 is 66.3 Å². The Morgan fingerprint density at radius 3 is 2.30 bits per heavy atom. The van der Waals surface area contributed by atoms with Gasteiger partial charge < -0.3 is 10.1 Å². The number of aromatic nitrogens is 1. The largest absolute Gasteiger partial charge is 0.506 e. The molecular weight excluding hydrogens is 479 g/mol. The van der Waals surface area contributed by atoms with Gasteiger partial charge in [-0.3, -0.25) is 0 Å². The quantitative estimate of drug-likeness (QED) is 0.302. The van der Waals surface area contributed by atoms with Gasteiger partial charge in [0, 0.05) is 28.1 Å². The van der Waals surface area contributed by atoms with Crippen molar-refractivity contribution in [1.29, 1.82) is 0 Å². The third-order valence-corrected chi connectivity index (χ3v) is 8.39. The Kier molecular flexibility index (Phi) is 5.84. The lowest BCUT2D eigenvalue weighted by molar-refractivity contribution is 0.475. The Hall–Kier alpha value is -2.41. The summed E-state index contributed by atoms with van der Waals surface area (Å²) in [6, 6.07) is 14.5. The van der Waals surface area contributed by atoms with Crippen LogP contribution in [0.4, 0.5) is 11.4 Å². The number of rotatable bonds is 4. The molecule has 0 amide bonds. The van der Waals surface area contributed by atoms with Gasteiger partial charge in [0.15, 0.2) is 0 Å². The Morgan fingerprint density at radius 2 is 1.67 bits per heavy atom. The minimum absolute atomic E-state index is 0.0142. The molecule has 174 valence electrons. The molecule has 8 heteroatoms. The normalized spacial score (nSPS) is 12.7. The minimum atomic E-state index is -3.92. The molecule has 4 rings (SSSR count). The Bertz CT molecular complexity index is 1490.